The van der Waals surface area contributed by atoms with Crippen LogP contribution < -0.4 is 24.8 Å². The molecule has 0 fully saturated rings. The van der Waals surface area contributed by atoms with Crippen molar-refractivity contribution in [2.45, 2.75) is 13.0 Å². The number of ether oxygens (including phenoxy) is 4. The number of carbonyl (C=O) groups excluding carboxylic acids is 2. The molecule has 2 aromatic carbocycles. The minimum absolute atomic E-state index is 0.213. The average Bonchev–Trinajstić information content (AvgIpc) is 2.87. The summed E-state index contributed by atoms with van der Waals surface area (Å²) in [5, 5.41) is 5.78. The van der Waals surface area contributed by atoms with Gasteiger partial charge in [0.1, 0.15) is 29.8 Å². The molecular weight excluding hydrogens is 438 g/mol. The van der Waals surface area contributed by atoms with E-state index < -0.39 is 18.5 Å². The number of fused-ring (bicyclic) bond motifs is 1. The van der Waals surface area contributed by atoms with Gasteiger partial charge in [-0.15, -0.1) is 0 Å². The van der Waals surface area contributed by atoms with E-state index in [0.717, 1.165) is 11.4 Å². The van der Waals surface area contributed by atoms with Crippen LogP contribution in [0.3, 0.4) is 0 Å². The van der Waals surface area contributed by atoms with Gasteiger partial charge in [0.15, 0.2) is 18.1 Å². The summed E-state index contributed by atoms with van der Waals surface area (Å²) in [4.78, 5) is 29.0. The van der Waals surface area contributed by atoms with Crippen molar-refractivity contribution in [3.8, 4) is 17.2 Å². The van der Waals surface area contributed by atoms with Gasteiger partial charge in [-0.3, -0.25) is 4.79 Å². The zero-order chi connectivity index (χ0) is 23.8. The van der Waals surface area contributed by atoms with Gasteiger partial charge in [0.25, 0.3) is 5.91 Å². The fourth-order valence-corrected chi connectivity index (χ4v) is 3.26. The van der Waals surface area contributed by atoms with Gasteiger partial charge >= 0.3 is 5.97 Å². The van der Waals surface area contributed by atoms with Crippen LogP contribution in [0.4, 0.5) is 11.5 Å². The molecule has 1 aliphatic heterocycles. The number of esters is 1. The molecular formula is C25H25N3O6. The van der Waals surface area contributed by atoms with Crippen molar-refractivity contribution in [2.75, 3.05) is 31.7 Å². The van der Waals surface area contributed by atoms with Gasteiger partial charge in [0.05, 0.1) is 13.2 Å². The smallest absolute Gasteiger partial charge is 0.342 e. The van der Waals surface area contributed by atoms with E-state index in [0.29, 0.717) is 30.5 Å². The van der Waals surface area contributed by atoms with Gasteiger partial charge in [0, 0.05) is 11.9 Å². The van der Waals surface area contributed by atoms with Crippen LogP contribution in [0.5, 0.6) is 17.2 Å². The predicted octanol–water partition coefficient (Wildman–Crippen LogP) is 3.34. The molecule has 0 unspecified atom stereocenters. The first-order valence-corrected chi connectivity index (χ1v) is 10.9. The lowest BCUT2D eigenvalue weighted by atomic mass is 10.2. The summed E-state index contributed by atoms with van der Waals surface area (Å²) in [6, 6.07) is 17.8. The van der Waals surface area contributed by atoms with E-state index in [1.807, 2.05) is 49.4 Å². The van der Waals surface area contributed by atoms with E-state index in [1.165, 1.54) is 0 Å². The second-order valence-electron chi connectivity index (χ2n) is 7.36. The molecule has 0 radical (unpaired) electrons. The number of rotatable bonds is 9. The molecule has 1 aromatic heterocycles. The first-order valence-electron chi connectivity index (χ1n) is 10.9. The van der Waals surface area contributed by atoms with Gasteiger partial charge in [-0.1, -0.05) is 12.1 Å². The van der Waals surface area contributed by atoms with E-state index >= 15 is 0 Å². The van der Waals surface area contributed by atoms with Crippen LogP contribution in [0, 0.1) is 0 Å². The lowest BCUT2D eigenvalue weighted by Crippen LogP contribution is -2.42. The van der Waals surface area contributed by atoms with Crippen LogP contribution in [0.25, 0.3) is 0 Å². The van der Waals surface area contributed by atoms with E-state index in [4.69, 9.17) is 18.9 Å². The molecule has 4 rings (SSSR count). The van der Waals surface area contributed by atoms with Gasteiger partial charge in [-0.05, 0) is 55.5 Å². The normalized spacial score (nSPS) is 14.1. The molecule has 176 valence electrons. The zero-order valence-corrected chi connectivity index (χ0v) is 18.7. The Morgan fingerprint density at radius 2 is 1.85 bits per heavy atom. The number of nitrogens with one attached hydrogen (secondary N) is 2. The standard InChI is InChI=1S/C25H25N3O6/c1-2-31-18-11-9-17(10-12-18)28-24-20(6-5-13-26-24)25(30)33-16-23(29)27-14-19-15-32-21-7-3-4-8-22(21)34-19/h3-13,19H,2,14-16H2,1H3,(H,26,28)(H,27,29)/t19-/m1/s1. The van der Waals surface area contributed by atoms with Crippen LogP contribution in [-0.2, 0) is 9.53 Å². The van der Waals surface area contributed by atoms with Crippen molar-refractivity contribution in [3.05, 3.63) is 72.4 Å². The van der Waals surface area contributed by atoms with Crippen LogP contribution in [-0.4, -0.2) is 49.3 Å². The third-order valence-electron chi connectivity index (χ3n) is 4.88. The quantitative estimate of drug-likeness (QED) is 0.465. The molecule has 0 bridgehead atoms. The Hall–Kier alpha value is -4.27. The summed E-state index contributed by atoms with van der Waals surface area (Å²) in [6.07, 6.45) is 1.22. The first-order chi connectivity index (χ1) is 16.6. The summed E-state index contributed by atoms with van der Waals surface area (Å²) in [6.45, 7) is 2.59. The molecule has 9 heteroatoms. The number of aromatic nitrogens is 1. The Morgan fingerprint density at radius 3 is 2.65 bits per heavy atom. The van der Waals surface area contributed by atoms with E-state index in [1.54, 1.807) is 24.4 Å². The highest BCUT2D eigenvalue weighted by atomic mass is 16.6. The van der Waals surface area contributed by atoms with Crippen LogP contribution in [0.2, 0.25) is 0 Å². The number of hydrogen-bond acceptors (Lipinski definition) is 8. The van der Waals surface area contributed by atoms with Crippen molar-refractivity contribution < 1.29 is 28.5 Å². The molecule has 1 amide bonds. The molecule has 1 atom stereocenters. The number of nitrogens with zero attached hydrogens (tertiary/aromatic N) is 1. The fourth-order valence-electron chi connectivity index (χ4n) is 3.26. The number of anilines is 2. The number of benzene rings is 2. The Bertz CT molecular complexity index is 1140. The van der Waals surface area contributed by atoms with Crippen LogP contribution in [0.1, 0.15) is 17.3 Å². The molecule has 0 spiro atoms. The Labute approximate surface area is 197 Å². The van der Waals surface area contributed by atoms with Gasteiger partial charge in [0.2, 0.25) is 0 Å². The number of carbonyl (C=O) groups is 2. The van der Waals surface area contributed by atoms with Gasteiger partial charge in [-0.25, -0.2) is 9.78 Å². The molecule has 9 nitrogen and oxygen atoms in total. The number of amides is 1. The van der Waals surface area contributed by atoms with Gasteiger partial charge in [-0.2, -0.15) is 0 Å². The summed E-state index contributed by atoms with van der Waals surface area (Å²) in [5.74, 6) is 1.26. The SMILES string of the molecule is CCOc1ccc(Nc2ncccc2C(=O)OCC(=O)NC[C@@H]2COc3ccccc3O2)cc1. The molecule has 3 aromatic rings. The summed E-state index contributed by atoms with van der Waals surface area (Å²) in [5.41, 5.74) is 0.940. The Kier molecular flexibility index (Phi) is 7.44. The number of para-hydroxylation sites is 2. The zero-order valence-electron chi connectivity index (χ0n) is 18.7. The minimum atomic E-state index is -0.664. The highest BCUT2D eigenvalue weighted by molar-refractivity contribution is 5.96. The second kappa shape index (κ2) is 11.0. The molecule has 2 heterocycles. The Balaban J connectivity index is 1.27. The highest BCUT2D eigenvalue weighted by Gasteiger charge is 2.21. The van der Waals surface area contributed by atoms with Crippen molar-refractivity contribution in [1.82, 2.24) is 10.3 Å². The monoisotopic (exact) mass is 463 g/mol. The summed E-state index contributed by atoms with van der Waals surface area (Å²) >= 11 is 0. The first kappa shape index (κ1) is 22.9. The third-order valence-corrected chi connectivity index (χ3v) is 4.88. The van der Waals surface area contributed by atoms with Crippen molar-refractivity contribution in [3.63, 3.8) is 0 Å². The number of pyridine rings is 1. The maximum absolute atomic E-state index is 12.6. The fraction of sp³-hybridized carbons (Fsp3) is 0.240. The van der Waals surface area contributed by atoms with Crippen molar-refractivity contribution in [1.29, 1.82) is 0 Å². The van der Waals surface area contributed by atoms with Crippen LogP contribution in [0.15, 0.2) is 66.9 Å². The minimum Gasteiger partial charge on any atom is -0.494 e. The van der Waals surface area contributed by atoms with Crippen molar-refractivity contribution >= 4 is 23.4 Å². The maximum Gasteiger partial charge on any atom is 0.342 e. The summed E-state index contributed by atoms with van der Waals surface area (Å²) in [7, 11) is 0. The van der Waals surface area contributed by atoms with Gasteiger partial charge < -0.3 is 29.6 Å². The lowest BCUT2D eigenvalue weighted by molar-refractivity contribution is -0.124. The van der Waals surface area contributed by atoms with Crippen LogP contribution >= 0.6 is 0 Å². The topological polar surface area (TPSA) is 108 Å². The van der Waals surface area contributed by atoms with E-state index in [9.17, 15) is 9.59 Å². The maximum atomic E-state index is 12.6. The second-order valence-corrected chi connectivity index (χ2v) is 7.36. The number of hydrogen-bond donors (Lipinski definition) is 2. The third kappa shape index (κ3) is 5.94. The molecule has 0 aliphatic carbocycles. The van der Waals surface area contributed by atoms with E-state index in [2.05, 4.69) is 15.6 Å². The van der Waals surface area contributed by atoms with Crippen molar-refractivity contribution in [2.24, 2.45) is 0 Å². The Morgan fingerprint density at radius 1 is 1.06 bits per heavy atom. The largest absolute Gasteiger partial charge is 0.494 e. The molecule has 0 saturated heterocycles. The molecule has 2 N–H and O–H groups in total. The lowest BCUT2D eigenvalue weighted by Gasteiger charge is -2.26. The molecule has 0 saturated carbocycles. The summed E-state index contributed by atoms with van der Waals surface area (Å²) < 4.78 is 22.0. The molecule has 34 heavy (non-hydrogen) atoms. The highest BCUT2D eigenvalue weighted by Crippen LogP contribution is 2.30. The van der Waals surface area contributed by atoms with E-state index in [-0.39, 0.29) is 18.2 Å². The molecule has 1 aliphatic rings. The average molecular weight is 463 g/mol. The predicted molar refractivity (Wildman–Crippen MR) is 125 cm³/mol.